The number of aryl methyl sites for hydroxylation is 1. The SMILES string of the molecule is CCc1nccn1C1CCC1CNC(C)(C)C. The van der Waals surface area contributed by atoms with Gasteiger partial charge in [0.1, 0.15) is 5.82 Å². The Kier molecular flexibility index (Phi) is 3.57. The van der Waals surface area contributed by atoms with Crippen LogP contribution in [0.2, 0.25) is 0 Å². The molecule has 17 heavy (non-hydrogen) atoms. The summed E-state index contributed by atoms with van der Waals surface area (Å²) < 4.78 is 2.39. The van der Waals surface area contributed by atoms with Crippen molar-refractivity contribution in [1.82, 2.24) is 14.9 Å². The molecule has 1 aliphatic rings. The van der Waals surface area contributed by atoms with Crippen LogP contribution >= 0.6 is 0 Å². The first kappa shape index (κ1) is 12.6. The van der Waals surface area contributed by atoms with Crippen molar-refractivity contribution in [2.24, 2.45) is 5.92 Å². The normalized spacial score (nSPS) is 24.7. The van der Waals surface area contributed by atoms with E-state index in [0.29, 0.717) is 6.04 Å². The molecule has 0 saturated heterocycles. The second-order valence-corrected chi connectivity index (χ2v) is 6.14. The predicted octanol–water partition coefficient (Wildman–Crippen LogP) is 2.78. The standard InChI is InChI=1S/C14H25N3/c1-5-13-15-8-9-17(13)12-7-6-11(12)10-16-14(2,3)4/h8-9,11-12,16H,5-7,10H2,1-4H3. The molecule has 0 aromatic carbocycles. The molecule has 0 amide bonds. The molecule has 1 aromatic rings. The van der Waals surface area contributed by atoms with Crippen LogP contribution in [0.1, 0.15) is 52.4 Å². The Hall–Kier alpha value is -0.830. The summed E-state index contributed by atoms with van der Waals surface area (Å²) in [4.78, 5) is 4.42. The lowest BCUT2D eigenvalue weighted by atomic mass is 9.78. The van der Waals surface area contributed by atoms with Crippen LogP contribution in [0.4, 0.5) is 0 Å². The Bertz CT molecular complexity index is 362. The van der Waals surface area contributed by atoms with E-state index >= 15 is 0 Å². The molecular weight excluding hydrogens is 210 g/mol. The van der Waals surface area contributed by atoms with Gasteiger partial charge in [0.25, 0.3) is 0 Å². The first-order valence-electron chi connectivity index (χ1n) is 6.78. The second kappa shape index (κ2) is 4.81. The molecule has 1 saturated carbocycles. The summed E-state index contributed by atoms with van der Waals surface area (Å²) >= 11 is 0. The number of aromatic nitrogens is 2. The maximum Gasteiger partial charge on any atom is 0.108 e. The maximum absolute atomic E-state index is 4.42. The van der Waals surface area contributed by atoms with E-state index in [1.165, 1.54) is 18.7 Å². The fourth-order valence-electron chi connectivity index (χ4n) is 2.51. The molecule has 1 N–H and O–H groups in total. The lowest BCUT2D eigenvalue weighted by molar-refractivity contribution is 0.162. The highest BCUT2D eigenvalue weighted by Crippen LogP contribution is 2.38. The zero-order valence-electron chi connectivity index (χ0n) is 11.5. The first-order chi connectivity index (χ1) is 8.01. The second-order valence-electron chi connectivity index (χ2n) is 6.14. The fourth-order valence-corrected chi connectivity index (χ4v) is 2.51. The van der Waals surface area contributed by atoms with E-state index in [2.05, 4.69) is 48.8 Å². The summed E-state index contributed by atoms with van der Waals surface area (Å²) in [7, 11) is 0. The van der Waals surface area contributed by atoms with Crippen LogP contribution in [-0.4, -0.2) is 21.6 Å². The van der Waals surface area contributed by atoms with Gasteiger partial charge in [0.05, 0.1) is 0 Å². The lowest BCUT2D eigenvalue weighted by Crippen LogP contribution is -2.44. The molecule has 2 unspecified atom stereocenters. The molecule has 0 aliphatic heterocycles. The van der Waals surface area contributed by atoms with Gasteiger partial charge in [-0.1, -0.05) is 6.92 Å². The van der Waals surface area contributed by atoms with E-state index in [1.807, 2.05) is 6.20 Å². The minimum Gasteiger partial charge on any atom is -0.332 e. The van der Waals surface area contributed by atoms with Crippen LogP contribution in [0.15, 0.2) is 12.4 Å². The van der Waals surface area contributed by atoms with Gasteiger partial charge in [0.2, 0.25) is 0 Å². The number of nitrogens with zero attached hydrogens (tertiary/aromatic N) is 2. The number of hydrogen-bond donors (Lipinski definition) is 1. The summed E-state index contributed by atoms with van der Waals surface area (Å²) in [6.07, 6.45) is 7.76. The molecule has 0 spiro atoms. The number of hydrogen-bond acceptors (Lipinski definition) is 2. The molecule has 0 bridgehead atoms. The van der Waals surface area contributed by atoms with E-state index in [-0.39, 0.29) is 5.54 Å². The Morgan fingerprint density at radius 3 is 2.71 bits per heavy atom. The highest BCUT2D eigenvalue weighted by Gasteiger charge is 2.33. The predicted molar refractivity (Wildman–Crippen MR) is 71.1 cm³/mol. The number of rotatable bonds is 4. The first-order valence-corrected chi connectivity index (χ1v) is 6.78. The van der Waals surface area contributed by atoms with E-state index in [4.69, 9.17) is 0 Å². The van der Waals surface area contributed by atoms with Crippen LogP contribution in [0, 0.1) is 5.92 Å². The van der Waals surface area contributed by atoms with Crippen LogP contribution in [0.5, 0.6) is 0 Å². The molecule has 0 radical (unpaired) electrons. The summed E-state index contributed by atoms with van der Waals surface area (Å²) in [5.74, 6) is 2.00. The van der Waals surface area contributed by atoms with Gasteiger partial charge in [-0.15, -0.1) is 0 Å². The summed E-state index contributed by atoms with van der Waals surface area (Å²) in [5, 5.41) is 3.62. The van der Waals surface area contributed by atoms with Crippen molar-refractivity contribution in [3.05, 3.63) is 18.2 Å². The van der Waals surface area contributed by atoms with Gasteiger partial charge in [-0.3, -0.25) is 0 Å². The number of imidazole rings is 1. The molecule has 3 heteroatoms. The van der Waals surface area contributed by atoms with Crippen molar-refractivity contribution in [3.63, 3.8) is 0 Å². The molecule has 96 valence electrons. The third kappa shape index (κ3) is 2.89. The fraction of sp³-hybridized carbons (Fsp3) is 0.786. The zero-order chi connectivity index (χ0) is 12.5. The third-order valence-electron chi connectivity index (χ3n) is 3.69. The van der Waals surface area contributed by atoms with Gasteiger partial charge >= 0.3 is 0 Å². The Morgan fingerprint density at radius 1 is 1.41 bits per heavy atom. The van der Waals surface area contributed by atoms with Gasteiger partial charge in [0.15, 0.2) is 0 Å². The number of nitrogens with one attached hydrogen (secondary N) is 1. The van der Waals surface area contributed by atoms with Crippen LogP contribution in [-0.2, 0) is 6.42 Å². The van der Waals surface area contributed by atoms with Gasteiger partial charge in [0, 0.05) is 36.9 Å². The molecule has 1 aromatic heterocycles. The zero-order valence-corrected chi connectivity index (χ0v) is 11.5. The van der Waals surface area contributed by atoms with Gasteiger partial charge in [-0.05, 0) is 39.5 Å². The summed E-state index contributed by atoms with van der Waals surface area (Å²) in [6.45, 7) is 10.00. The summed E-state index contributed by atoms with van der Waals surface area (Å²) in [5.41, 5.74) is 0.225. The van der Waals surface area contributed by atoms with Crippen LogP contribution < -0.4 is 5.32 Å². The van der Waals surface area contributed by atoms with Crippen molar-refractivity contribution in [2.75, 3.05) is 6.54 Å². The van der Waals surface area contributed by atoms with Crippen molar-refractivity contribution in [1.29, 1.82) is 0 Å². The Balaban J connectivity index is 1.95. The average Bonchev–Trinajstić information content (AvgIpc) is 2.62. The van der Waals surface area contributed by atoms with Gasteiger partial charge in [-0.2, -0.15) is 0 Å². The Labute approximate surface area is 105 Å². The van der Waals surface area contributed by atoms with Gasteiger partial charge < -0.3 is 9.88 Å². The molecule has 1 fully saturated rings. The van der Waals surface area contributed by atoms with Crippen molar-refractivity contribution in [2.45, 2.75) is 58.5 Å². The van der Waals surface area contributed by atoms with Gasteiger partial charge in [-0.25, -0.2) is 4.98 Å². The maximum atomic E-state index is 4.42. The lowest BCUT2D eigenvalue weighted by Gasteiger charge is -2.40. The van der Waals surface area contributed by atoms with Crippen LogP contribution in [0.25, 0.3) is 0 Å². The largest absolute Gasteiger partial charge is 0.332 e. The van der Waals surface area contributed by atoms with E-state index < -0.39 is 0 Å². The highest BCUT2D eigenvalue weighted by molar-refractivity contribution is 5.00. The highest BCUT2D eigenvalue weighted by atomic mass is 15.1. The van der Waals surface area contributed by atoms with Crippen LogP contribution in [0.3, 0.4) is 0 Å². The Morgan fingerprint density at radius 2 is 2.18 bits per heavy atom. The van der Waals surface area contributed by atoms with E-state index in [1.54, 1.807) is 0 Å². The molecule has 1 aliphatic carbocycles. The molecule has 3 nitrogen and oxygen atoms in total. The molecule has 2 atom stereocenters. The third-order valence-corrected chi connectivity index (χ3v) is 3.69. The molecule has 1 heterocycles. The topological polar surface area (TPSA) is 29.9 Å². The van der Waals surface area contributed by atoms with Crippen molar-refractivity contribution >= 4 is 0 Å². The smallest absolute Gasteiger partial charge is 0.108 e. The average molecular weight is 235 g/mol. The van der Waals surface area contributed by atoms with E-state index in [9.17, 15) is 0 Å². The minimum atomic E-state index is 0.225. The monoisotopic (exact) mass is 235 g/mol. The van der Waals surface area contributed by atoms with Crippen molar-refractivity contribution in [3.8, 4) is 0 Å². The minimum absolute atomic E-state index is 0.225. The summed E-state index contributed by atoms with van der Waals surface area (Å²) in [6, 6.07) is 0.669. The molecule has 2 rings (SSSR count). The van der Waals surface area contributed by atoms with E-state index in [0.717, 1.165) is 18.9 Å². The molecular formula is C14H25N3. The quantitative estimate of drug-likeness (QED) is 0.869. The van der Waals surface area contributed by atoms with Crippen molar-refractivity contribution < 1.29 is 0 Å².